The smallest absolute Gasteiger partial charge is 0.201 e. The highest BCUT2D eigenvalue weighted by atomic mass is 16.3. The summed E-state index contributed by atoms with van der Waals surface area (Å²) in [7, 11) is 0. The average molecular weight is 550 g/mol. The number of allylic oxidation sites excluding steroid dienone is 4. The summed E-state index contributed by atoms with van der Waals surface area (Å²) in [5.41, 5.74) is 12.6. The fraction of sp³-hybridized carbons (Fsp3) is 0.154. The lowest BCUT2D eigenvalue weighted by Gasteiger charge is -2.26. The van der Waals surface area contributed by atoms with Crippen molar-refractivity contribution in [1.82, 2.24) is 4.57 Å². The van der Waals surface area contributed by atoms with Crippen LogP contribution < -0.4 is 0 Å². The molecule has 6 rings (SSSR count). The second-order valence-corrected chi connectivity index (χ2v) is 11.5. The van der Waals surface area contributed by atoms with Crippen LogP contribution in [0.5, 0.6) is 0 Å². The molecule has 0 amide bonds. The number of aliphatic hydroxyl groups is 1. The molecule has 208 valence electrons. The van der Waals surface area contributed by atoms with Gasteiger partial charge < -0.3 is 9.67 Å². The second-order valence-electron chi connectivity index (χ2n) is 11.5. The van der Waals surface area contributed by atoms with E-state index in [9.17, 15) is 9.90 Å². The van der Waals surface area contributed by atoms with E-state index in [4.69, 9.17) is 0 Å². The quantitative estimate of drug-likeness (QED) is 0.214. The molecule has 3 heteroatoms. The van der Waals surface area contributed by atoms with Gasteiger partial charge >= 0.3 is 0 Å². The van der Waals surface area contributed by atoms with Crippen LogP contribution in [-0.4, -0.2) is 15.5 Å². The molecule has 1 heterocycles. The van der Waals surface area contributed by atoms with Crippen LogP contribution in [-0.2, 0) is 11.2 Å². The molecule has 0 saturated heterocycles. The Morgan fingerprint density at radius 3 is 2.12 bits per heavy atom. The van der Waals surface area contributed by atoms with Gasteiger partial charge in [0, 0.05) is 22.3 Å². The van der Waals surface area contributed by atoms with Crippen molar-refractivity contribution in [2.75, 3.05) is 0 Å². The molecule has 0 aliphatic heterocycles. The van der Waals surface area contributed by atoms with Gasteiger partial charge in [-0.1, -0.05) is 84.4 Å². The summed E-state index contributed by atoms with van der Waals surface area (Å²) in [6, 6.07) is 31.5. The molecule has 0 bridgehead atoms. The lowest BCUT2D eigenvalue weighted by Crippen LogP contribution is -2.23. The molecule has 0 unspecified atom stereocenters. The van der Waals surface area contributed by atoms with E-state index in [1.165, 1.54) is 11.1 Å². The van der Waals surface area contributed by atoms with Gasteiger partial charge in [0.05, 0.1) is 16.7 Å². The van der Waals surface area contributed by atoms with Crippen molar-refractivity contribution in [3.63, 3.8) is 0 Å². The predicted octanol–water partition coefficient (Wildman–Crippen LogP) is 9.34. The number of benzene rings is 4. The van der Waals surface area contributed by atoms with E-state index in [1.54, 1.807) is 0 Å². The van der Waals surface area contributed by atoms with Gasteiger partial charge in [-0.2, -0.15) is 0 Å². The third-order valence-corrected chi connectivity index (χ3v) is 8.32. The number of aryl methyl sites for hydroxylation is 3. The van der Waals surface area contributed by atoms with E-state index in [-0.39, 0.29) is 11.5 Å². The van der Waals surface area contributed by atoms with Crippen LogP contribution in [0.4, 0.5) is 0 Å². The molecular formula is C39H35NO2. The van der Waals surface area contributed by atoms with Gasteiger partial charge in [0.25, 0.3) is 0 Å². The molecule has 0 saturated carbocycles. The van der Waals surface area contributed by atoms with E-state index in [2.05, 4.69) is 96.9 Å². The zero-order chi connectivity index (χ0) is 29.7. The van der Waals surface area contributed by atoms with Crippen LogP contribution in [0.15, 0.2) is 114 Å². The summed E-state index contributed by atoms with van der Waals surface area (Å²) in [6.45, 7) is 14.2. The Labute approximate surface area is 247 Å². The van der Waals surface area contributed by atoms with E-state index in [0.29, 0.717) is 16.7 Å². The number of ketones is 1. The second kappa shape index (κ2) is 10.5. The molecule has 1 N–H and O–H groups in total. The summed E-state index contributed by atoms with van der Waals surface area (Å²) in [5.74, 6) is -0.103. The third-order valence-electron chi connectivity index (χ3n) is 8.32. The summed E-state index contributed by atoms with van der Waals surface area (Å²) in [4.78, 5) is 14.0. The van der Waals surface area contributed by atoms with E-state index < -0.39 is 0 Å². The molecule has 5 aromatic rings. The number of hydrogen-bond donors (Lipinski definition) is 1. The zero-order valence-corrected chi connectivity index (χ0v) is 24.9. The Hall–Kier alpha value is -4.89. The fourth-order valence-electron chi connectivity index (χ4n) is 6.22. The third kappa shape index (κ3) is 4.52. The Bertz CT molecular complexity index is 1970. The molecule has 1 aliphatic carbocycles. The molecule has 3 nitrogen and oxygen atoms in total. The van der Waals surface area contributed by atoms with Gasteiger partial charge in [0.15, 0.2) is 0 Å². The van der Waals surface area contributed by atoms with Crippen LogP contribution in [0, 0.1) is 27.7 Å². The first-order valence-corrected chi connectivity index (χ1v) is 14.4. The van der Waals surface area contributed by atoms with Crippen molar-refractivity contribution in [1.29, 1.82) is 0 Å². The Morgan fingerprint density at radius 2 is 1.45 bits per heavy atom. The van der Waals surface area contributed by atoms with Crippen LogP contribution in [0.3, 0.4) is 0 Å². The molecule has 0 radical (unpaired) electrons. The van der Waals surface area contributed by atoms with Gasteiger partial charge in [-0.3, -0.25) is 4.79 Å². The molecular weight excluding hydrogens is 514 g/mol. The van der Waals surface area contributed by atoms with Crippen molar-refractivity contribution < 1.29 is 9.90 Å². The number of carbonyl (C=O) groups is 1. The molecule has 1 aliphatic rings. The van der Waals surface area contributed by atoms with E-state index in [0.717, 1.165) is 62.1 Å². The average Bonchev–Trinajstić information content (AvgIpc) is 3.24. The number of rotatable bonds is 6. The van der Waals surface area contributed by atoms with Gasteiger partial charge in [0.1, 0.15) is 5.76 Å². The predicted molar refractivity (Wildman–Crippen MR) is 174 cm³/mol. The number of hydrogen-bond acceptors (Lipinski definition) is 2. The number of fused-ring (bicyclic) bond motifs is 1. The first kappa shape index (κ1) is 27.3. The molecule has 0 fully saturated rings. The number of nitrogens with zero attached hydrogens (tertiary/aromatic N) is 1. The normalized spacial score (nSPS) is 14.4. The monoisotopic (exact) mass is 549 g/mol. The van der Waals surface area contributed by atoms with Gasteiger partial charge in [-0.25, -0.2) is 0 Å². The maximum Gasteiger partial charge on any atom is 0.201 e. The highest BCUT2D eigenvalue weighted by Crippen LogP contribution is 2.46. The summed E-state index contributed by atoms with van der Waals surface area (Å²) in [6.07, 6.45) is 0.868. The lowest BCUT2D eigenvalue weighted by molar-refractivity contribution is -0.111. The maximum atomic E-state index is 14.0. The van der Waals surface area contributed by atoms with Gasteiger partial charge in [-0.15, -0.1) is 0 Å². The van der Waals surface area contributed by atoms with Gasteiger partial charge in [-0.05, 0) is 98.7 Å². The molecule has 1 aromatic heterocycles. The number of Topliss-reactive ketones (excluding diaryl/α,β-unsaturated/α-hetero) is 1. The maximum absolute atomic E-state index is 14.0. The van der Waals surface area contributed by atoms with E-state index in [1.807, 2.05) is 39.8 Å². The Morgan fingerprint density at radius 1 is 0.810 bits per heavy atom. The van der Waals surface area contributed by atoms with Crippen LogP contribution in [0.1, 0.15) is 51.6 Å². The van der Waals surface area contributed by atoms with Crippen molar-refractivity contribution in [2.45, 2.75) is 41.0 Å². The summed E-state index contributed by atoms with van der Waals surface area (Å²) >= 11 is 0. The molecule has 0 atom stereocenters. The van der Waals surface area contributed by atoms with E-state index >= 15 is 0 Å². The molecule has 42 heavy (non-hydrogen) atoms. The first-order valence-electron chi connectivity index (χ1n) is 14.4. The van der Waals surface area contributed by atoms with Crippen molar-refractivity contribution in [3.05, 3.63) is 159 Å². The lowest BCUT2D eigenvalue weighted by atomic mass is 9.76. The minimum Gasteiger partial charge on any atom is -0.506 e. The minimum absolute atomic E-state index is 0.0424. The fourth-order valence-corrected chi connectivity index (χ4v) is 6.22. The number of carbonyl (C=O) groups excluding carboxylic acids is 1. The Kier molecular flexibility index (Phi) is 6.82. The van der Waals surface area contributed by atoms with Crippen LogP contribution >= 0.6 is 0 Å². The van der Waals surface area contributed by atoms with Crippen molar-refractivity contribution >= 4 is 27.8 Å². The number of aromatic nitrogens is 1. The summed E-state index contributed by atoms with van der Waals surface area (Å²) in [5, 5.41) is 12.5. The molecule has 0 spiro atoms. The minimum atomic E-state index is -0.145. The molecule has 4 aromatic carbocycles. The van der Waals surface area contributed by atoms with Gasteiger partial charge in [0.2, 0.25) is 5.78 Å². The largest absolute Gasteiger partial charge is 0.506 e. The first-order chi connectivity index (χ1) is 20.2. The summed E-state index contributed by atoms with van der Waals surface area (Å²) < 4.78 is 2.19. The standard InChI is InChI=1S/C39H35NO2/c1-23(2)34(31-20-24(3)12-14-26(31)5)36-38(41)37(39(36)42)35-27(6)40(33-19-13-25(4)21-32(33)35)30-17-15-29(16-18-30)22-28-10-8-7-9-11-28/h7-21,41H,1,22H2,2-6H3/b36-34-. The SMILES string of the molecule is C=C(C)/C(=C1/C(=O)C(c2c(C)n(-c3ccc(Cc4ccccc4)cc3)c3ccc(C)cc23)=C1O)c1cc(C)ccc1C. The van der Waals surface area contributed by atoms with Crippen LogP contribution in [0.25, 0.3) is 27.7 Å². The topological polar surface area (TPSA) is 42.2 Å². The Balaban J connectivity index is 1.50. The van der Waals surface area contributed by atoms with Crippen LogP contribution in [0.2, 0.25) is 0 Å². The van der Waals surface area contributed by atoms with Crippen molar-refractivity contribution in [2.24, 2.45) is 0 Å². The number of aliphatic hydroxyl groups excluding tert-OH is 1. The highest BCUT2D eigenvalue weighted by molar-refractivity contribution is 6.43. The zero-order valence-electron chi connectivity index (χ0n) is 24.9. The highest BCUT2D eigenvalue weighted by Gasteiger charge is 2.40. The van der Waals surface area contributed by atoms with Crippen molar-refractivity contribution in [3.8, 4) is 5.69 Å².